The fourth-order valence-electron chi connectivity index (χ4n) is 1.38. The van der Waals surface area contributed by atoms with Gasteiger partial charge in [0.15, 0.2) is 17.3 Å². The molecule has 0 aliphatic heterocycles. The number of Topliss-reactive ketones (excluding diaryl/α,β-unsaturated/α-hetero) is 1. The second-order valence-corrected chi connectivity index (χ2v) is 3.59. The Labute approximate surface area is 106 Å². The van der Waals surface area contributed by atoms with Crippen LogP contribution in [-0.4, -0.2) is 27.0 Å². The molecule has 0 saturated heterocycles. The highest BCUT2D eigenvalue weighted by Gasteiger charge is 2.41. The normalized spacial score (nSPS) is 11.7. The summed E-state index contributed by atoms with van der Waals surface area (Å²) in [6.07, 6.45) is -4.80. The van der Waals surface area contributed by atoms with E-state index in [1.165, 1.54) is 0 Å². The Bertz CT molecular complexity index is 655. The SMILES string of the molecule is O=C(c1cn(-c2c(F)cc(F)cc2F)nn1)C(F)(F)F. The highest BCUT2D eigenvalue weighted by atomic mass is 19.4. The molecule has 0 bridgehead atoms. The lowest BCUT2D eigenvalue weighted by Gasteiger charge is -2.03. The molecule has 106 valence electrons. The van der Waals surface area contributed by atoms with Gasteiger partial charge in [-0.2, -0.15) is 13.2 Å². The fourth-order valence-corrected chi connectivity index (χ4v) is 1.38. The Balaban J connectivity index is 2.47. The van der Waals surface area contributed by atoms with Crippen LogP contribution in [0.3, 0.4) is 0 Å². The van der Waals surface area contributed by atoms with Crippen molar-refractivity contribution < 1.29 is 31.1 Å². The van der Waals surface area contributed by atoms with Crippen molar-refractivity contribution in [2.75, 3.05) is 0 Å². The minimum absolute atomic E-state index is 0.281. The molecule has 0 atom stereocenters. The van der Waals surface area contributed by atoms with Gasteiger partial charge in [0, 0.05) is 12.1 Å². The monoisotopic (exact) mass is 295 g/mol. The lowest BCUT2D eigenvalue weighted by atomic mass is 10.2. The van der Waals surface area contributed by atoms with Gasteiger partial charge in [-0.15, -0.1) is 5.10 Å². The van der Waals surface area contributed by atoms with E-state index < -0.39 is 40.8 Å². The summed E-state index contributed by atoms with van der Waals surface area (Å²) in [5.74, 6) is -6.33. The molecule has 1 aromatic heterocycles. The fraction of sp³-hybridized carbons (Fsp3) is 0.100. The Morgan fingerprint density at radius 3 is 2.15 bits per heavy atom. The number of hydrogen-bond acceptors (Lipinski definition) is 3. The average molecular weight is 295 g/mol. The first-order chi connectivity index (χ1) is 9.20. The van der Waals surface area contributed by atoms with Crippen LogP contribution in [0.5, 0.6) is 0 Å². The summed E-state index contributed by atoms with van der Waals surface area (Å²) >= 11 is 0. The third-order valence-electron chi connectivity index (χ3n) is 2.19. The predicted molar refractivity (Wildman–Crippen MR) is 51.6 cm³/mol. The average Bonchev–Trinajstić information content (AvgIpc) is 2.74. The Hall–Kier alpha value is -2.39. The zero-order valence-electron chi connectivity index (χ0n) is 9.25. The van der Waals surface area contributed by atoms with Gasteiger partial charge in [0.1, 0.15) is 11.5 Å². The molecule has 0 spiro atoms. The van der Waals surface area contributed by atoms with Gasteiger partial charge in [-0.05, 0) is 0 Å². The number of ketones is 1. The molecule has 0 aliphatic carbocycles. The number of halogens is 6. The standard InChI is InChI=1S/C10H3F6N3O/c11-4-1-5(12)8(6(13)2-4)19-3-7(17-18-19)9(20)10(14,15)16/h1-3H. The molecule has 2 rings (SSSR count). The van der Waals surface area contributed by atoms with Gasteiger partial charge in [0.2, 0.25) is 0 Å². The Kier molecular flexibility index (Phi) is 3.24. The minimum atomic E-state index is -5.19. The molecular weight excluding hydrogens is 292 g/mol. The van der Waals surface area contributed by atoms with Gasteiger partial charge in [-0.3, -0.25) is 4.79 Å². The van der Waals surface area contributed by atoms with E-state index in [0.29, 0.717) is 18.3 Å². The van der Waals surface area contributed by atoms with E-state index in [1.807, 2.05) is 0 Å². The molecular formula is C10H3F6N3O. The number of hydrogen-bond donors (Lipinski definition) is 0. The summed E-state index contributed by atoms with van der Waals surface area (Å²) in [6, 6.07) is 0.622. The number of alkyl halides is 3. The van der Waals surface area contributed by atoms with Crippen LogP contribution in [0.2, 0.25) is 0 Å². The van der Waals surface area contributed by atoms with E-state index in [4.69, 9.17) is 0 Å². The highest BCUT2D eigenvalue weighted by molar-refractivity contribution is 5.98. The van der Waals surface area contributed by atoms with Crippen LogP contribution in [0.15, 0.2) is 18.3 Å². The van der Waals surface area contributed by atoms with Crippen LogP contribution in [0.4, 0.5) is 26.3 Å². The van der Waals surface area contributed by atoms with Gasteiger partial charge < -0.3 is 0 Å². The van der Waals surface area contributed by atoms with Crippen molar-refractivity contribution in [2.45, 2.75) is 6.18 Å². The van der Waals surface area contributed by atoms with Gasteiger partial charge in [-0.1, -0.05) is 5.21 Å². The van der Waals surface area contributed by atoms with Crippen LogP contribution < -0.4 is 0 Å². The van der Waals surface area contributed by atoms with Crippen molar-refractivity contribution in [2.24, 2.45) is 0 Å². The first kappa shape index (κ1) is 14.0. The van der Waals surface area contributed by atoms with E-state index >= 15 is 0 Å². The Morgan fingerprint density at radius 1 is 1.10 bits per heavy atom. The van der Waals surface area contributed by atoms with Gasteiger partial charge in [0.25, 0.3) is 5.78 Å². The molecule has 10 heteroatoms. The summed E-state index contributed by atoms with van der Waals surface area (Å²) in [6.45, 7) is 0. The zero-order chi connectivity index (χ0) is 15.1. The van der Waals surface area contributed by atoms with Crippen molar-refractivity contribution in [3.63, 3.8) is 0 Å². The third kappa shape index (κ3) is 2.49. The number of benzene rings is 1. The molecule has 0 fully saturated rings. The van der Waals surface area contributed by atoms with Crippen molar-refractivity contribution in [1.82, 2.24) is 15.0 Å². The number of carbonyl (C=O) groups excluding carboxylic acids is 1. The van der Waals surface area contributed by atoms with E-state index in [9.17, 15) is 31.1 Å². The van der Waals surface area contributed by atoms with Crippen LogP contribution in [-0.2, 0) is 0 Å². The molecule has 0 aliphatic rings. The van der Waals surface area contributed by atoms with Crippen LogP contribution >= 0.6 is 0 Å². The molecule has 1 heterocycles. The van der Waals surface area contributed by atoms with E-state index in [2.05, 4.69) is 10.3 Å². The van der Waals surface area contributed by atoms with E-state index in [1.54, 1.807) is 0 Å². The molecule has 1 aromatic carbocycles. The summed E-state index contributed by atoms with van der Waals surface area (Å²) in [7, 11) is 0. The number of nitrogens with zero attached hydrogens (tertiary/aromatic N) is 3. The maximum absolute atomic E-state index is 13.4. The topological polar surface area (TPSA) is 47.8 Å². The summed E-state index contributed by atoms with van der Waals surface area (Å²) in [4.78, 5) is 10.8. The molecule has 0 amide bonds. The summed E-state index contributed by atoms with van der Waals surface area (Å²) < 4.78 is 76.1. The van der Waals surface area contributed by atoms with Crippen molar-refractivity contribution in [1.29, 1.82) is 0 Å². The largest absolute Gasteiger partial charge is 0.456 e. The summed E-state index contributed by atoms with van der Waals surface area (Å²) in [5, 5.41) is 5.90. The third-order valence-corrected chi connectivity index (χ3v) is 2.19. The maximum atomic E-state index is 13.4. The molecule has 0 saturated carbocycles. The lowest BCUT2D eigenvalue weighted by molar-refractivity contribution is -0.0888. The molecule has 4 nitrogen and oxygen atoms in total. The van der Waals surface area contributed by atoms with E-state index in [-0.39, 0.29) is 4.68 Å². The van der Waals surface area contributed by atoms with Crippen LogP contribution in [0.1, 0.15) is 10.5 Å². The maximum Gasteiger partial charge on any atom is 0.456 e. The number of carbonyl (C=O) groups is 1. The second kappa shape index (κ2) is 4.62. The van der Waals surface area contributed by atoms with E-state index in [0.717, 1.165) is 0 Å². The number of aromatic nitrogens is 3. The second-order valence-electron chi connectivity index (χ2n) is 3.59. The minimum Gasteiger partial charge on any atom is -0.282 e. The highest BCUT2D eigenvalue weighted by Crippen LogP contribution is 2.22. The molecule has 2 aromatic rings. The smallest absolute Gasteiger partial charge is 0.282 e. The molecule has 0 unspecified atom stereocenters. The molecule has 20 heavy (non-hydrogen) atoms. The first-order valence-corrected chi connectivity index (χ1v) is 4.89. The molecule has 0 radical (unpaired) electrons. The Morgan fingerprint density at radius 2 is 1.65 bits per heavy atom. The lowest BCUT2D eigenvalue weighted by Crippen LogP contribution is -2.23. The quantitative estimate of drug-likeness (QED) is 0.631. The van der Waals surface area contributed by atoms with Crippen LogP contribution in [0.25, 0.3) is 5.69 Å². The van der Waals surface area contributed by atoms with Crippen molar-refractivity contribution in [3.05, 3.63) is 41.5 Å². The van der Waals surface area contributed by atoms with Crippen molar-refractivity contribution in [3.8, 4) is 5.69 Å². The molecule has 0 N–H and O–H groups in total. The predicted octanol–water partition coefficient (Wildman–Crippen LogP) is 2.43. The van der Waals surface area contributed by atoms with Gasteiger partial charge in [0.05, 0.1) is 6.20 Å². The summed E-state index contributed by atoms with van der Waals surface area (Å²) in [5.41, 5.74) is -2.08. The first-order valence-electron chi connectivity index (χ1n) is 4.89. The van der Waals surface area contributed by atoms with Gasteiger partial charge in [-0.25, -0.2) is 17.9 Å². The van der Waals surface area contributed by atoms with Crippen LogP contribution in [0, 0.1) is 17.5 Å². The zero-order valence-corrected chi connectivity index (χ0v) is 9.25. The van der Waals surface area contributed by atoms with Gasteiger partial charge >= 0.3 is 6.18 Å². The van der Waals surface area contributed by atoms with Crippen molar-refractivity contribution >= 4 is 5.78 Å². The number of rotatable bonds is 2.